The zero-order valence-electron chi connectivity index (χ0n) is 4.65. The van der Waals surface area contributed by atoms with Crippen LogP contribution in [0.3, 0.4) is 0 Å². The average molecular weight is 510 g/mol. The molecule has 0 spiro atoms. The van der Waals surface area contributed by atoms with Crippen LogP contribution in [-0.2, 0) is 0 Å². The maximum Gasteiger partial charge on any atom is 0.291 e. The van der Waals surface area contributed by atoms with E-state index in [2.05, 4.69) is 0 Å². The highest BCUT2D eigenvalue weighted by atomic mass is 127. The molecule has 0 heterocycles. The van der Waals surface area contributed by atoms with Gasteiger partial charge >= 0.3 is 0 Å². The minimum absolute atomic E-state index is 0. The molecule has 0 fully saturated rings. The van der Waals surface area contributed by atoms with Crippen molar-refractivity contribution < 1.29 is 20.6 Å². The molecular formula is H5I3N2O6. The smallest absolute Gasteiger partial charge is 0.291 e. The van der Waals surface area contributed by atoms with Gasteiger partial charge in [-0.2, -0.15) is 0 Å². The number of nitrogens with zero attached hydrogens (tertiary/aromatic N) is 2. The van der Waals surface area contributed by atoms with Gasteiger partial charge in [-0.05, 0) is 0 Å². The van der Waals surface area contributed by atoms with E-state index in [0.717, 1.165) is 0 Å². The fraction of sp³-hybridized carbons (Fsp3) is 0. The van der Waals surface area contributed by atoms with Gasteiger partial charge in [0.15, 0.2) is 0 Å². The van der Waals surface area contributed by atoms with Gasteiger partial charge in [0.1, 0.15) is 0 Å². The molecule has 0 saturated heterocycles. The summed E-state index contributed by atoms with van der Waals surface area (Å²) >= 11 is 0. The van der Waals surface area contributed by atoms with E-state index in [4.69, 9.17) is 30.6 Å². The number of hydrogen-bond donors (Lipinski definition) is 2. The summed E-state index contributed by atoms with van der Waals surface area (Å²) in [7, 11) is 0. The van der Waals surface area contributed by atoms with E-state index >= 15 is 0 Å². The third-order valence-electron chi connectivity index (χ3n) is 0. The van der Waals surface area contributed by atoms with E-state index in [1.807, 2.05) is 0 Å². The van der Waals surface area contributed by atoms with Gasteiger partial charge in [0.05, 0.1) is 0 Å². The molecule has 72 valence electrons. The Labute approximate surface area is 112 Å². The van der Waals surface area contributed by atoms with E-state index in [-0.39, 0.29) is 71.9 Å². The van der Waals surface area contributed by atoms with E-state index in [0.29, 0.717) is 0 Å². The molecule has 0 bridgehead atoms. The molecule has 2 N–H and O–H groups in total. The number of hydrogen-bond acceptors (Lipinski definition) is 4. The minimum atomic E-state index is -1.50. The summed E-state index contributed by atoms with van der Waals surface area (Å²) in [4.78, 5) is 16.7. The second-order valence-electron chi connectivity index (χ2n) is 0.476. The maximum absolute atomic E-state index is 8.36. The van der Waals surface area contributed by atoms with Crippen LogP contribution in [-0.4, -0.2) is 20.6 Å². The van der Waals surface area contributed by atoms with Gasteiger partial charge in [-0.25, -0.2) is 0 Å². The maximum atomic E-state index is 8.36. The Bertz CT molecular complexity index is 73.8. The third-order valence-corrected chi connectivity index (χ3v) is 0. The Morgan fingerprint density at radius 2 is 0.818 bits per heavy atom. The zero-order chi connectivity index (χ0) is 7.15. The van der Waals surface area contributed by atoms with Crippen LogP contribution in [0.15, 0.2) is 0 Å². The van der Waals surface area contributed by atoms with Crippen LogP contribution in [0, 0.1) is 20.2 Å². The molecule has 0 aliphatic heterocycles. The van der Waals surface area contributed by atoms with E-state index < -0.39 is 10.2 Å². The average Bonchev–Trinajstić information content (AvgIpc) is 1.25. The Morgan fingerprint density at radius 3 is 0.818 bits per heavy atom. The normalized spacial score (nSPS) is 4.36. The lowest BCUT2D eigenvalue weighted by Gasteiger charge is -1.56. The van der Waals surface area contributed by atoms with Gasteiger partial charge in [0.25, 0.3) is 10.2 Å². The number of halogens is 3. The largest absolute Gasteiger partial charge is 0.328 e. The Kier molecular flexibility index (Phi) is 61.0. The van der Waals surface area contributed by atoms with E-state index in [1.54, 1.807) is 0 Å². The zero-order valence-corrected chi connectivity index (χ0v) is 11.6. The molecule has 8 nitrogen and oxygen atoms in total. The molecule has 0 aliphatic rings. The van der Waals surface area contributed by atoms with Crippen molar-refractivity contribution in [2.45, 2.75) is 0 Å². The Hall–Kier alpha value is 0.590. The van der Waals surface area contributed by atoms with Gasteiger partial charge in [0, 0.05) is 0 Å². The SMILES string of the molecule is I.I.I.O=[N+]([O-])O.O=[N+]([O-])O. The second-order valence-corrected chi connectivity index (χ2v) is 0.476. The Balaban J connectivity index is -0.0000000171. The standard InChI is InChI=1S/3HI.2HNO3/c;;;2*2-1(3)4/h3*1H;2*(H,2,3,4). The van der Waals surface area contributed by atoms with Crippen LogP contribution < -0.4 is 0 Å². The van der Waals surface area contributed by atoms with Crippen molar-refractivity contribution in [2.75, 3.05) is 0 Å². The number of rotatable bonds is 0. The first-order chi connectivity index (χ1) is 3.46. The van der Waals surface area contributed by atoms with Crippen molar-refractivity contribution in [3.8, 4) is 0 Å². The van der Waals surface area contributed by atoms with Gasteiger partial charge in [0.2, 0.25) is 0 Å². The fourth-order valence-electron chi connectivity index (χ4n) is 0. The van der Waals surface area contributed by atoms with Crippen LogP contribution in [0.5, 0.6) is 0 Å². The first kappa shape index (κ1) is 29.9. The molecule has 0 aromatic carbocycles. The lowest BCUT2D eigenvalue weighted by molar-refractivity contribution is -0.742. The fourth-order valence-corrected chi connectivity index (χ4v) is 0. The van der Waals surface area contributed by atoms with Crippen molar-refractivity contribution in [3.05, 3.63) is 20.2 Å². The summed E-state index contributed by atoms with van der Waals surface area (Å²) in [6.07, 6.45) is 0. The predicted octanol–water partition coefficient (Wildman–Crippen LogP) is 1.16. The molecule has 0 rings (SSSR count). The van der Waals surface area contributed by atoms with Crippen LogP contribution >= 0.6 is 71.9 Å². The summed E-state index contributed by atoms with van der Waals surface area (Å²) in [6, 6.07) is 0. The lowest BCUT2D eigenvalue weighted by atomic mass is 13.1. The molecule has 0 aliphatic carbocycles. The van der Waals surface area contributed by atoms with Crippen LogP contribution in [0.25, 0.3) is 0 Å². The highest BCUT2D eigenvalue weighted by Gasteiger charge is 1.65. The molecule has 0 aromatic heterocycles. The van der Waals surface area contributed by atoms with Crippen molar-refractivity contribution in [3.63, 3.8) is 0 Å². The van der Waals surface area contributed by atoms with Crippen molar-refractivity contribution in [1.82, 2.24) is 0 Å². The van der Waals surface area contributed by atoms with Gasteiger partial charge < -0.3 is 10.4 Å². The molecule has 0 saturated carbocycles. The molecule has 0 unspecified atom stereocenters. The summed E-state index contributed by atoms with van der Waals surface area (Å²) in [5.74, 6) is 0. The second kappa shape index (κ2) is 22.4. The monoisotopic (exact) mass is 510 g/mol. The van der Waals surface area contributed by atoms with Crippen LogP contribution in [0.4, 0.5) is 0 Å². The summed E-state index contributed by atoms with van der Waals surface area (Å²) in [5, 5.41) is 27.3. The summed E-state index contributed by atoms with van der Waals surface area (Å²) in [5.41, 5.74) is 0. The highest BCUT2D eigenvalue weighted by molar-refractivity contribution is 14.0. The van der Waals surface area contributed by atoms with Gasteiger partial charge in [-0.15, -0.1) is 92.2 Å². The quantitative estimate of drug-likeness (QED) is 0.287. The molecule has 11 heteroatoms. The minimum Gasteiger partial charge on any atom is -0.328 e. The van der Waals surface area contributed by atoms with Crippen molar-refractivity contribution in [2.24, 2.45) is 0 Å². The van der Waals surface area contributed by atoms with E-state index in [1.165, 1.54) is 0 Å². The van der Waals surface area contributed by atoms with Crippen LogP contribution in [0.1, 0.15) is 0 Å². The lowest BCUT2D eigenvalue weighted by Crippen LogP contribution is -1.81. The van der Waals surface area contributed by atoms with Crippen LogP contribution in [0.2, 0.25) is 0 Å². The summed E-state index contributed by atoms with van der Waals surface area (Å²) < 4.78 is 0. The first-order valence-electron chi connectivity index (χ1n) is 1.13. The first-order valence-corrected chi connectivity index (χ1v) is 1.13. The molecule has 0 amide bonds. The van der Waals surface area contributed by atoms with Gasteiger partial charge in [-0.3, -0.25) is 0 Å². The van der Waals surface area contributed by atoms with Crippen molar-refractivity contribution in [1.29, 1.82) is 0 Å². The Morgan fingerprint density at radius 1 is 0.818 bits per heavy atom. The topological polar surface area (TPSA) is 127 Å². The van der Waals surface area contributed by atoms with E-state index in [9.17, 15) is 0 Å². The molecule has 0 aromatic rings. The molecule has 0 radical (unpaired) electrons. The molecule has 11 heavy (non-hydrogen) atoms. The highest BCUT2D eigenvalue weighted by Crippen LogP contribution is 1.38. The van der Waals surface area contributed by atoms with Gasteiger partial charge in [-0.1, -0.05) is 0 Å². The summed E-state index contributed by atoms with van der Waals surface area (Å²) in [6.45, 7) is 0. The molecular weight excluding hydrogens is 505 g/mol. The molecule has 0 atom stereocenters. The third kappa shape index (κ3) is 2240. The predicted molar refractivity (Wildman–Crippen MR) is 63.8 cm³/mol. The van der Waals surface area contributed by atoms with Crippen molar-refractivity contribution >= 4 is 71.9 Å².